The normalized spacial score (nSPS) is 12.0. The van der Waals surface area contributed by atoms with Crippen LogP contribution in [0, 0.1) is 0 Å². The van der Waals surface area contributed by atoms with E-state index in [1.165, 1.54) is 0 Å². The highest BCUT2D eigenvalue weighted by Gasteiger charge is 2.13. The highest BCUT2D eigenvalue weighted by Crippen LogP contribution is 2.15. The van der Waals surface area contributed by atoms with Crippen molar-refractivity contribution in [2.75, 3.05) is 0 Å². The lowest BCUT2D eigenvalue weighted by molar-refractivity contribution is 0.0919. The second-order valence-corrected chi connectivity index (χ2v) is 6.28. The topological polar surface area (TPSA) is 72.5 Å². The van der Waals surface area contributed by atoms with Crippen molar-refractivity contribution in [3.63, 3.8) is 0 Å². The Labute approximate surface area is 135 Å². The second-order valence-electron chi connectivity index (χ2n) is 4.83. The van der Waals surface area contributed by atoms with Crippen LogP contribution >= 0.6 is 0 Å². The molecule has 0 aliphatic heterocycles. The Hall–Kier alpha value is -2.60. The summed E-state index contributed by atoms with van der Waals surface area (Å²) in [7, 11) is -1.20. The zero-order valence-electron chi connectivity index (χ0n) is 12.2. The van der Waals surface area contributed by atoms with Crippen LogP contribution in [0.15, 0.2) is 74.6 Å². The van der Waals surface area contributed by atoms with Gasteiger partial charge in [0.15, 0.2) is 5.76 Å². The predicted octanol–water partition coefficient (Wildman–Crippen LogP) is 3.11. The van der Waals surface area contributed by atoms with Crippen LogP contribution in [0.3, 0.4) is 0 Å². The molecule has 1 N–H and O–H groups in total. The van der Waals surface area contributed by atoms with Crippen LogP contribution in [0.5, 0.6) is 0 Å². The third kappa shape index (κ3) is 3.98. The van der Waals surface area contributed by atoms with Crippen LogP contribution in [0.1, 0.15) is 22.1 Å². The quantitative estimate of drug-likeness (QED) is 0.754. The average molecular weight is 329 g/mol. The molecule has 1 amide bonds. The number of carbonyl (C=O) groups is 1. The van der Waals surface area contributed by atoms with Gasteiger partial charge in [-0.05, 0) is 36.4 Å². The van der Waals surface area contributed by atoms with Gasteiger partial charge >= 0.3 is 0 Å². The summed E-state index contributed by atoms with van der Waals surface area (Å²) in [5.74, 6) is 1.26. The minimum Gasteiger partial charge on any atom is -0.467 e. The monoisotopic (exact) mass is 329 g/mol. The largest absolute Gasteiger partial charge is 0.467 e. The lowest BCUT2D eigenvalue weighted by Crippen LogP contribution is -2.21. The van der Waals surface area contributed by atoms with E-state index in [0.29, 0.717) is 11.5 Å². The molecule has 118 valence electrons. The van der Waals surface area contributed by atoms with Crippen molar-refractivity contribution >= 4 is 16.7 Å². The Balaban J connectivity index is 1.59. The first-order chi connectivity index (χ1) is 11.2. The molecule has 5 nitrogen and oxygen atoms in total. The van der Waals surface area contributed by atoms with Crippen molar-refractivity contribution in [3.05, 3.63) is 78.1 Å². The minimum absolute atomic E-state index is 0.191. The zero-order valence-corrected chi connectivity index (χ0v) is 13.0. The summed E-state index contributed by atoms with van der Waals surface area (Å²) in [4.78, 5) is 12.7. The second kappa shape index (κ2) is 7.11. The lowest BCUT2D eigenvalue weighted by Gasteiger charge is -2.01. The summed E-state index contributed by atoms with van der Waals surface area (Å²) >= 11 is 0. The Morgan fingerprint density at radius 2 is 1.83 bits per heavy atom. The first-order valence-electron chi connectivity index (χ1n) is 7.05. The molecule has 6 heteroatoms. The van der Waals surface area contributed by atoms with Crippen molar-refractivity contribution in [1.82, 2.24) is 5.32 Å². The summed E-state index contributed by atoms with van der Waals surface area (Å²) in [5.41, 5.74) is 0. The molecule has 1 aromatic carbocycles. The smallest absolute Gasteiger partial charge is 0.287 e. The zero-order chi connectivity index (χ0) is 16.1. The Morgan fingerprint density at radius 3 is 2.57 bits per heavy atom. The maximum absolute atomic E-state index is 12.2. The van der Waals surface area contributed by atoms with Crippen LogP contribution in [0.2, 0.25) is 0 Å². The van der Waals surface area contributed by atoms with E-state index >= 15 is 0 Å². The van der Waals surface area contributed by atoms with Gasteiger partial charge in [0.1, 0.15) is 11.5 Å². The van der Waals surface area contributed by atoms with Crippen LogP contribution < -0.4 is 5.32 Å². The maximum atomic E-state index is 12.2. The molecule has 0 spiro atoms. The maximum Gasteiger partial charge on any atom is 0.287 e. The van der Waals surface area contributed by atoms with E-state index in [-0.39, 0.29) is 24.0 Å². The molecule has 1 atom stereocenters. The van der Waals surface area contributed by atoms with Gasteiger partial charge in [0, 0.05) is 4.90 Å². The van der Waals surface area contributed by atoms with Crippen molar-refractivity contribution < 1.29 is 17.8 Å². The van der Waals surface area contributed by atoms with Crippen molar-refractivity contribution in [3.8, 4) is 0 Å². The van der Waals surface area contributed by atoms with Crippen LogP contribution in [0.4, 0.5) is 0 Å². The van der Waals surface area contributed by atoms with Crippen molar-refractivity contribution in [1.29, 1.82) is 0 Å². The summed E-state index contributed by atoms with van der Waals surface area (Å²) in [6.07, 6.45) is 1.55. The van der Waals surface area contributed by atoms with Gasteiger partial charge in [-0.1, -0.05) is 18.2 Å². The number of furan rings is 2. The van der Waals surface area contributed by atoms with Crippen LogP contribution in [-0.2, 0) is 23.1 Å². The highest BCUT2D eigenvalue weighted by molar-refractivity contribution is 7.84. The van der Waals surface area contributed by atoms with Gasteiger partial charge in [0.25, 0.3) is 5.91 Å². The van der Waals surface area contributed by atoms with E-state index in [9.17, 15) is 9.00 Å². The summed E-state index contributed by atoms with van der Waals surface area (Å²) in [5, 5.41) is 2.70. The summed E-state index contributed by atoms with van der Waals surface area (Å²) in [6, 6.07) is 15.9. The van der Waals surface area contributed by atoms with Gasteiger partial charge in [0.2, 0.25) is 0 Å². The van der Waals surface area contributed by atoms with E-state index in [1.54, 1.807) is 42.7 Å². The first kappa shape index (κ1) is 15.3. The molecule has 2 aromatic heterocycles. The van der Waals surface area contributed by atoms with E-state index in [0.717, 1.165) is 4.90 Å². The highest BCUT2D eigenvalue weighted by atomic mass is 32.2. The molecule has 0 aliphatic rings. The molecule has 0 aliphatic carbocycles. The minimum atomic E-state index is -1.20. The average Bonchev–Trinajstić information content (AvgIpc) is 3.25. The molecule has 2 heterocycles. The van der Waals surface area contributed by atoms with E-state index in [1.807, 2.05) is 18.2 Å². The Bertz CT molecular complexity index is 793. The molecule has 1 unspecified atom stereocenters. The fourth-order valence-corrected chi connectivity index (χ4v) is 3.07. The van der Waals surface area contributed by atoms with Gasteiger partial charge in [-0.15, -0.1) is 0 Å². The number of nitrogens with one attached hydrogen (secondary N) is 1. The summed E-state index contributed by atoms with van der Waals surface area (Å²) in [6.45, 7) is 0.289. The van der Waals surface area contributed by atoms with Crippen molar-refractivity contribution in [2.24, 2.45) is 0 Å². The molecule has 0 saturated carbocycles. The predicted molar refractivity (Wildman–Crippen MR) is 85.1 cm³/mol. The number of hydrogen-bond donors (Lipinski definition) is 1. The molecule has 0 fully saturated rings. The Morgan fingerprint density at radius 1 is 1.00 bits per heavy atom. The molecular weight excluding hydrogens is 314 g/mol. The lowest BCUT2D eigenvalue weighted by atomic mass is 10.4. The number of hydrogen-bond acceptors (Lipinski definition) is 4. The van der Waals surface area contributed by atoms with Crippen molar-refractivity contribution in [2.45, 2.75) is 17.2 Å². The fraction of sp³-hybridized carbons (Fsp3) is 0.118. The van der Waals surface area contributed by atoms with Crippen LogP contribution in [0.25, 0.3) is 0 Å². The standard InChI is InChI=1S/C17H15NO4S/c19-17(18-11-13-5-4-10-21-13)16-9-8-14(22-16)12-23(20)15-6-2-1-3-7-15/h1-10H,11-12H2,(H,18,19). The molecule has 0 radical (unpaired) electrons. The summed E-state index contributed by atoms with van der Waals surface area (Å²) < 4.78 is 22.8. The molecule has 0 bridgehead atoms. The first-order valence-corrected chi connectivity index (χ1v) is 8.37. The van der Waals surface area contributed by atoms with Gasteiger partial charge in [-0.25, -0.2) is 0 Å². The molecule has 3 rings (SSSR count). The Kier molecular flexibility index (Phi) is 4.73. The molecule has 3 aromatic rings. The third-order valence-electron chi connectivity index (χ3n) is 3.17. The van der Waals surface area contributed by atoms with E-state index in [2.05, 4.69) is 5.32 Å². The van der Waals surface area contributed by atoms with Crippen LogP contribution in [-0.4, -0.2) is 10.1 Å². The number of amides is 1. The van der Waals surface area contributed by atoms with Gasteiger partial charge in [0.05, 0.1) is 29.4 Å². The van der Waals surface area contributed by atoms with Gasteiger partial charge in [-0.2, -0.15) is 0 Å². The fourth-order valence-electron chi connectivity index (χ4n) is 2.03. The number of benzene rings is 1. The molecular formula is C17H15NO4S. The SMILES string of the molecule is O=C(NCc1ccco1)c1ccc(CS(=O)c2ccccc2)o1. The molecule has 0 saturated heterocycles. The third-order valence-corrected chi connectivity index (χ3v) is 4.51. The van der Waals surface area contributed by atoms with Gasteiger partial charge in [-0.3, -0.25) is 9.00 Å². The number of carbonyl (C=O) groups excluding carboxylic acids is 1. The number of rotatable bonds is 6. The van der Waals surface area contributed by atoms with E-state index in [4.69, 9.17) is 8.83 Å². The van der Waals surface area contributed by atoms with Gasteiger partial charge < -0.3 is 14.2 Å². The van der Waals surface area contributed by atoms with E-state index < -0.39 is 10.8 Å². The molecule has 23 heavy (non-hydrogen) atoms.